The van der Waals surface area contributed by atoms with E-state index in [1.807, 2.05) is 0 Å². The minimum Gasteiger partial charge on any atom is -0.398 e. The highest BCUT2D eigenvalue weighted by Gasteiger charge is 2.25. The van der Waals surface area contributed by atoms with Crippen molar-refractivity contribution in [2.45, 2.75) is 0 Å². The van der Waals surface area contributed by atoms with Crippen LogP contribution in [0.5, 0.6) is 0 Å². The van der Waals surface area contributed by atoms with Gasteiger partial charge in [-0.1, -0.05) is 15.9 Å². The first-order chi connectivity index (χ1) is 10.0. The van der Waals surface area contributed by atoms with Crippen molar-refractivity contribution in [3.8, 4) is 0 Å². The Labute approximate surface area is 144 Å². The number of carbonyl (C=O) groups is 2. The van der Waals surface area contributed by atoms with Crippen molar-refractivity contribution in [1.82, 2.24) is 9.80 Å². The molecule has 2 amide bonds. The summed E-state index contributed by atoms with van der Waals surface area (Å²) in [6.45, 7) is 2.12. The van der Waals surface area contributed by atoms with Gasteiger partial charge in [0.2, 0.25) is 5.91 Å². The SMILES string of the molecule is COCC(=O)N1CCN(C(=O)c2ccc(Br)cc2N)CC1.Cl. The molecule has 1 aliphatic heterocycles. The highest BCUT2D eigenvalue weighted by molar-refractivity contribution is 9.10. The predicted molar refractivity (Wildman–Crippen MR) is 90.2 cm³/mol. The van der Waals surface area contributed by atoms with Crippen LogP contribution in [0, 0.1) is 0 Å². The number of methoxy groups -OCH3 is 1. The van der Waals surface area contributed by atoms with E-state index in [1.165, 1.54) is 7.11 Å². The fourth-order valence-electron chi connectivity index (χ4n) is 2.27. The van der Waals surface area contributed by atoms with Gasteiger partial charge in [0.05, 0.1) is 5.56 Å². The molecule has 8 heteroatoms. The molecule has 1 saturated heterocycles. The van der Waals surface area contributed by atoms with E-state index in [0.717, 1.165) is 4.47 Å². The lowest BCUT2D eigenvalue weighted by atomic mass is 10.1. The highest BCUT2D eigenvalue weighted by Crippen LogP contribution is 2.20. The summed E-state index contributed by atoms with van der Waals surface area (Å²) in [6.07, 6.45) is 0. The topological polar surface area (TPSA) is 75.9 Å². The first kappa shape index (κ1) is 18.7. The molecule has 1 heterocycles. The van der Waals surface area contributed by atoms with E-state index < -0.39 is 0 Å². The summed E-state index contributed by atoms with van der Waals surface area (Å²) < 4.78 is 5.67. The lowest BCUT2D eigenvalue weighted by Gasteiger charge is -2.34. The van der Waals surface area contributed by atoms with Crippen molar-refractivity contribution in [3.63, 3.8) is 0 Å². The molecule has 1 aromatic rings. The normalized spacial score (nSPS) is 14.5. The number of halogens is 2. The third-order valence-corrected chi connectivity index (χ3v) is 3.92. The summed E-state index contributed by atoms with van der Waals surface area (Å²) >= 11 is 3.32. The Morgan fingerprint density at radius 1 is 1.23 bits per heavy atom. The lowest BCUT2D eigenvalue weighted by molar-refractivity contribution is -0.136. The number of benzene rings is 1. The number of nitrogens with two attached hydrogens (primary N) is 1. The number of carbonyl (C=O) groups excluding carboxylic acids is 2. The maximum absolute atomic E-state index is 12.4. The molecule has 0 spiro atoms. The summed E-state index contributed by atoms with van der Waals surface area (Å²) in [7, 11) is 1.49. The monoisotopic (exact) mass is 391 g/mol. The van der Waals surface area contributed by atoms with Gasteiger partial charge in [0.1, 0.15) is 6.61 Å². The number of anilines is 1. The van der Waals surface area contributed by atoms with Gasteiger partial charge in [-0.25, -0.2) is 0 Å². The molecule has 0 saturated carbocycles. The second-order valence-corrected chi connectivity index (χ2v) is 5.75. The number of rotatable bonds is 3. The average Bonchev–Trinajstić information content (AvgIpc) is 2.47. The van der Waals surface area contributed by atoms with E-state index >= 15 is 0 Å². The Balaban J connectivity index is 0.00000242. The molecular weight excluding hydrogens is 374 g/mol. The quantitative estimate of drug-likeness (QED) is 0.789. The van der Waals surface area contributed by atoms with Gasteiger partial charge in [-0.15, -0.1) is 12.4 Å². The Bertz CT molecular complexity index is 548. The molecule has 0 unspecified atom stereocenters. The van der Waals surface area contributed by atoms with E-state index in [1.54, 1.807) is 28.0 Å². The molecular formula is C14H19BrClN3O3. The van der Waals surface area contributed by atoms with Crippen LogP contribution in [-0.2, 0) is 9.53 Å². The van der Waals surface area contributed by atoms with Crippen molar-refractivity contribution < 1.29 is 14.3 Å². The zero-order valence-electron chi connectivity index (χ0n) is 12.3. The van der Waals surface area contributed by atoms with E-state index in [9.17, 15) is 9.59 Å². The second-order valence-electron chi connectivity index (χ2n) is 4.84. The molecule has 6 nitrogen and oxygen atoms in total. The Hall–Kier alpha value is -1.31. The minimum atomic E-state index is -0.0983. The maximum Gasteiger partial charge on any atom is 0.256 e. The zero-order chi connectivity index (χ0) is 15.4. The number of nitrogen functional groups attached to an aromatic ring is 1. The van der Waals surface area contributed by atoms with Crippen molar-refractivity contribution >= 4 is 45.8 Å². The number of hydrogen-bond acceptors (Lipinski definition) is 4. The fraction of sp³-hybridized carbons (Fsp3) is 0.429. The summed E-state index contributed by atoms with van der Waals surface area (Å²) in [5.74, 6) is -0.147. The van der Waals surface area contributed by atoms with Gasteiger partial charge in [0.25, 0.3) is 5.91 Å². The Morgan fingerprint density at radius 3 is 2.36 bits per heavy atom. The first-order valence-corrected chi connectivity index (χ1v) is 7.43. The number of nitrogens with zero attached hydrogens (tertiary/aromatic N) is 2. The van der Waals surface area contributed by atoms with Gasteiger partial charge in [-0.2, -0.15) is 0 Å². The van der Waals surface area contributed by atoms with E-state index in [0.29, 0.717) is 37.4 Å². The summed E-state index contributed by atoms with van der Waals surface area (Å²) in [4.78, 5) is 27.6. The van der Waals surface area contributed by atoms with E-state index in [-0.39, 0.29) is 30.8 Å². The van der Waals surface area contributed by atoms with Crippen molar-refractivity contribution in [2.75, 3.05) is 45.6 Å². The van der Waals surface area contributed by atoms with Gasteiger partial charge in [-0.3, -0.25) is 9.59 Å². The van der Waals surface area contributed by atoms with Crippen molar-refractivity contribution in [2.24, 2.45) is 0 Å². The van der Waals surface area contributed by atoms with Crippen LogP contribution in [-0.4, -0.2) is 61.5 Å². The molecule has 1 aromatic carbocycles. The van der Waals surface area contributed by atoms with Gasteiger partial charge in [-0.05, 0) is 18.2 Å². The molecule has 0 aliphatic carbocycles. The molecule has 22 heavy (non-hydrogen) atoms. The van der Waals surface area contributed by atoms with Crippen LogP contribution in [0.2, 0.25) is 0 Å². The number of piperazine rings is 1. The fourth-order valence-corrected chi connectivity index (χ4v) is 2.65. The minimum absolute atomic E-state index is 0. The number of amides is 2. The maximum atomic E-state index is 12.4. The van der Waals surface area contributed by atoms with Crippen LogP contribution in [0.1, 0.15) is 10.4 Å². The zero-order valence-corrected chi connectivity index (χ0v) is 14.7. The van der Waals surface area contributed by atoms with Crippen molar-refractivity contribution in [1.29, 1.82) is 0 Å². The van der Waals surface area contributed by atoms with Crippen LogP contribution in [0.25, 0.3) is 0 Å². The standard InChI is InChI=1S/C14H18BrN3O3.ClH/c1-21-9-13(19)17-4-6-18(7-5-17)14(20)11-3-2-10(15)8-12(11)16;/h2-3,8H,4-7,9,16H2,1H3;1H. The summed E-state index contributed by atoms with van der Waals surface area (Å²) in [5.41, 5.74) is 6.83. The van der Waals surface area contributed by atoms with Gasteiger partial charge < -0.3 is 20.3 Å². The molecule has 122 valence electrons. The number of ether oxygens (including phenoxy) is 1. The van der Waals surface area contributed by atoms with Gasteiger partial charge in [0, 0.05) is 43.4 Å². The van der Waals surface area contributed by atoms with Crippen LogP contribution in [0.3, 0.4) is 0 Å². The lowest BCUT2D eigenvalue weighted by Crippen LogP contribution is -2.51. The third-order valence-electron chi connectivity index (χ3n) is 3.43. The van der Waals surface area contributed by atoms with E-state index in [4.69, 9.17) is 10.5 Å². The van der Waals surface area contributed by atoms with Gasteiger partial charge >= 0.3 is 0 Å². The Kier molecular flexibility index (Phi) is 7.12. The number of hydrogen-bond donors (Lipinski definition) is 1. The van der Waals surface area contributed by atoms with Crippen LogP contribution < -0.4 is 5.73 Å². The van der Waals surface area contributed by atoms with Crippen LogP contribution in [0.4, 0.5) is 5.69 Å². The molecule has 2 rings (SSSR count). The van der Waals surface area contributed by atoms with Crippen LogP contribution in [0.15, 0.2) is 22.7 Å². The third kappa shape index (κ3) is 4.34. The summed E-state index contributed by atoms with van der Waals surface area (Å²) in [5, 5.41) is 0. The average molecular weight is 393 g/mol. The molecule has 0 radical (unpaired) electrons. The molecule has 1 fully saturated rings. The summed E-state index contributed by atoms with van der Waals surface area (Å²) in [6, 6.07) is 5.22. The van der Waals surface area contributed by atoms with Crippen LogP contribution >= 0.6 is 28.3 Å². The van der Waals surface area contributed by atoms with Crippen molar-refractivity contribution in [3.05, 3.63) is 28.2 Å². The molecule has 2 N–H and O–H groups in total. The predicted octanol–water partition coefficient (Wildman–Crippen LogP) is 1.38. The Morgan fingerprint density at radius 2 is 1.82 bits per heavy atom. The smallest absolute Gasteiger partial charge is 0.256 e. The molecule has 1 aliphatic rings. The first-order valence-electron chi connectivity index (χ1n) is 6.64. The molecule has 0 bridgehead atoms. The second kappa shape index (κ2) is 8.36. The highest BCUT2D eigenvalue weighted by atomic mass is 79.9. The van der Waals surface area contributed by atoms with E-state index in [2.05, 4.69) is 15.9 Å². The molecule has 0 aromatic heterocycles. The largest absolute Gasteiger partial charge is 0.398 e. The van der Waals surface area contributed by atoms with Gasteiger partial charge in [0.15, 0.2) is 0 Å². The molecule has 0 atom stereocenters.